The van der Waals surface area contributed by atoms with Gasteiger partial charge in [0, 0.05) is 45.2 Å². The van der Waals surface area contributed by atoms with Crippen LogP contribution in [-0.4, -0.2) is 49.1 Å². The smallest absolute Gasteiger partial charge is 0.216 e. The van der Waals surface area contributed by atoms with Gasteiger partial charge in [-0.1, -0.05) is 6.92 Å². The lowest BCUT2D eigenvalue weighted by molar-refractivity contribution is -0.119. The number of hydrogen-bond acceptors (Lipinski definition) is 3. The Balaban J connectivity index is 1.70. The quantitative estimate of drug-likeness (QED) is 0.738. The molecule has 1 aliphatic heterocycles. The van der Waals surface area contributed by atoms with E-state index < -0.39 is 0 Å². The third-order valence-corrected chi connectivity index (χ3v) is 3.59. The van der Waals surface area contributed by atoms with E-state index in [1.54, 1.807) is 6.92 Å². The van der Waals surface area contributed by atoms with Crippen LogP contribution >= 0.6 is 0 Å². The van der Waals surface area contributed by atoms with E-state index in [1.165, 1.54) is 25.8 Å². The van der Waals surface area contributed by atoms with Crippen LogP contribution in [-0.2, 0) is 4.79 Å². The van der Waals surface area contributed by atoms with Crippen molar-refractivity contribution in [2.24, 2.45) is 5.92 Å². The van der Waals surface area contributed by atoms with Crippen LogP contribution in [0.1, 0.15) is 33.1 Å². The Morgan fingerprint density at radius 3 is 2.71 bits per heavy atom. The fourth-order valence-corrected chi connectivity index (χ4v) is 2.74. The normalized spacial score (nSPS) is 30.2. The summed E-state index contributed by atoms with van der Waals surface area (Å²) >= 11 is 0. The molecule has 0 aromatic rings. The largest absolute Gasteiger partial charge is 0.355 e. The number of hydrogen-bond donors (Lipinski definition) is 2. The molecule has 1 amide bonds. The first kappa shape index (κ1) is 12.8. The van der Waals surface area contributed by atoms with Gasteiger partial charge >= 0.3 is 0 Å². The number of nitrogens with one attached hydrogen (secondary N) is 2. The number of piperidine rings is 1. The third kappa shape index (κ3) is 4.64. The molecule has 2 aliphatic rings. The molecule has 4 nitrogen and oxygen atoms in total. The van der Waals surface area contributed by atoms with Crippen LogP contribution in [0.2, 0.25) is 0 Å². The summed E-state index contributed by atoms with van der Waals surface area (Å²) in [5, 5.41) is 6.60. The second kappa shape index (κ2) is 5.83. The average Bonchev–Trinajstić information content (AvgIpc) is 3.00. The lowest BCUT2D eigenvalue weighted by atomic mass is 9.96. The third-order valence-electron chi connectivity index (χ3n) is 3.59. The van der Waals surface area contributed by atoms with Gasteiger partial charge in [-0.05, 0) is 25.2 Å². The summed E-state index contributed by atoms with van der Waals surface area (Å²) in [7, 11) is 0. The van der Waals surface area contributed by atoms with E-state index in [9.17, 15) is 4.79 Å². The van der Waals surface area contributed by atoms with Gasteiger partial charge in [0.15, 0.2) is 0 Å². The van der Waals surface area contributed by atoms with E-state index in [2.05, 4.69) is 22.5 Å². The standard InChI is InChI=1S/C13H25N3O/c1-10-7-13(15-12-3-4-12)9-16(8-10)6-5-14-11(2)17/h10,12-13,15H,3-9H2,1-2H3,(H,14,17). The number of nitrogens with zero attached hydrogens (tertiary/aromatic N) is 1. The topological polar surface area (TPSA) is 44.4 Å². The first-order chi connectivity index (χ1) is 8.13. The Morgan fingerprint density at radius 2 is 2.06 bits per heavy atom. The van der Waals surface area contributed by atoms with Crippen molar-refractivity contribution in [1.29, 1.82) is 0 Å². The van der Waals surface area contributed by atoms with Gasteiger partial charge in [0.05, 0.1) is 0 Å². The Labute approximate surface area is 104 Å². The molecule has 0 spiro atoms. The fraction of sp³-hybridized carbons (Fsp3) is 0.923. The maximum atomic E-state index is 10.8. The first-order valence-corrected chi connectivity index (χ1v) is 6.86. The summed E-state index contributed by atoms with van der Waals surface area (Å²) < 4.78 is 0. The molecule has 0 aromatic carbocycles. The molecule has 17 heavy (non-hydrogen) atoms. The Bertz CT molecular complexity index is 263. The highest BCUT2D eigenvalue weighted by Gasteiger charge is 2.29. The highest BCUT2D eigenvalue weighted by atomic mass is 16.1. The highest BCUT2D eigenvalue weighted by molar-refractivity contribution is 5.72. The van der Waals surface area contributed by atoms with Crippen LogP contribution in [0.25, 0.3) is 0 Å². The second-order valence-corrected chi connectivity index (χ2v) is 5.72. The van der Waals surface area contributed by atoms with Crippen molar-refractivity contribution in [3.63, 3.8) is 0 Å². The van der Waals surface area contributed by atoms with Crippen molar-refractivity contribution in [1.82, 2.24) is 15.5 Å². The van der Waals surface area contributed by atoms with Crippen molar-refractivity contribution in [2.45, 2.75) is 45.2 Å². The molecular weight excluding hydrogens is 214 g/mol. The van der Waals surface area contributed by atoms with Crippen molar-refractivity contribution in [3.8, 4) is 0 Å². The molecule has 1 saturated carbocycles. The van der Waals surface area contributed by atoms with Crippen LogP contribution in [0.3, 0.4) is 0 Å². The Hall–Kier alpha value is -0.610. The number of amides is 1. The highest BCUT2D eigenvalue weighted by Crippen LogP contribution is 2.23. The van der Waals surface area contributed by atoms with Gasteiger partial charge in [-0.2, -0.15) is 0 Å². The van der Waals surface area contributed by atoms with Crippen LogP contribution in [0, 0.1) is 5.92 Å². The predicted molar refractivity (Wildman–Crippen MR) is 68.9 cm³/mol. The molecule has 1 aliphatic carbocycles. The zero-order valence-corrected chi connectivity index (χ0v) is 11.0. The molecule has 98 valence electrons. The van der Waals surface area contributed by atoms with Crippen molar-refractivity contribution in [3.05, 3.63) is 0 Å². The van der Waals surface area contributed by atoms with Gasteiger partial charge in [0.2, 0.25) is 5.91 Å². The molecule has 0 radical (unpaired) electrons. The lowest BCUT2D eigenvalue weighted by Crippen LogP contribution is -2.50. The van der Waals surface area contributed by atoms with Crippen molar-refractivity contribution < 1.29 is 4.79 Å². The average molecular weight is 239 g/mol. The number of carbonyl (C=O) groups is 1. The van der Waals surface area contributed by atoms with E-state index in [1.807, 2.05) is 0 Å². The van der Waals surface area contributed by atoms with E-state index in [-0.39, 0.29) is 5.91 Å². The molecule has 2 atom stereocenters. The Morgan fingerprint density at radius 1 is 1.29 bits per heavy atom. The van der Waals surface area contributed by atoms with E-state index in [0.717, 1.165) is 31.6 Å². The predicted octanol–water partition coefficient (Wildman–Crippen LogP) is 0.585. The molecule has 4 heteroatoms. The zero-order valence-electron chi connectivity index (χ0n) is 11.0. The molecule has 0 aromatic heterocycles. The second-order valence-electron chi connectivity index (χ2n) is 5.72. The Kier molecular flexibility index (Phi) is 4.40. The number of carbonyl (C=O) groups excluding carboxylic acids is 1. The summed E-state index contributed by atoms with van der Waals surface area (Å²) in [6.07, 6.45) is 4.01. The molecule has 0 bridgehead atoms. The summed E-state index contributed by atoms with van der Waals surface area (Å²) in [5.74, 6) is 0.833. The minimum atomic E-state index is 0.0720. The van der Waals surface area contributed by atoms with Crippen molar-refractivity contribution in [2.75, 3.05) is 26.2 Å². The minimum Gasteiger partial charge on any atom is -0.355 e. The van der Waals surface area contributed by atoms with Gasteiger partial charge in [0.1, 0.15) is 0 Å². The summed E-state index contributed by atoms with van der Waals surface area (Å²) in [5.41, 5.74) is 0. The summed E-state index contributed by atoms with van der Waals surface area (Å²) in [6, 6.07) is 1.45. The van der Waals surface area contributed by atoms with Gasteiger partial charge < -0.3 is 10.6 Å². The molecular formula is C13H25N3O. The molecule has 1 saturated heterocycles. The molecule has 2 fully saturated rings. The van der Waals surface area contributed by atoms with E-state index >= 15 is 0 Å². The summed E-state index contributed by atoms with van der Waals surface area (Å²) in [6.45, 7) is 7.97. The van der Waals surface area contributed by atoms with Gasteiger partial charge in [-0.15, -0.1) is 0 Å². The van der Waals surface area contributed by atoms with Crippen LogP contribution < -0.4 is 10.6 Å². The zero-order chi connectivity index (χ0) is 12.3. The number of rotatable bonds is 5. The maximum Gasteiger partial charge on any atom is 0.216 e. The van der Waals surface area contributed by atoms with Gasteiger partial charge in [-0.25, -0.2) is 0 Å². The lowest BCUT2D eigenvalue weighted by Gasteiger charge is -2.37. The number of likely N-dealkylation sites (tertiary alicyclic amines) is 1. The molecule has 2 N–H and O–H groups in total. The van der Waals surface area contributed by atoms with Crippen LogP contribution in [0.15, 0.2) is 0 Å². The molecule has 2 unspecified atom stereocenters. The van der Waals surface area contributed by atoms with Gasteiger partial charge in [-0.3, -0.25) is 9.69 Å². The van der Waals surface area contributed by atoms with Crippen LogP contribution in [0.4, 0.5) is 0 Å². The van der Waals surface area contributed by atoms with E-state index in [0.29, 0.717) is 6.04 Å². The minimum absolute atomic E-state index is 0.0720. The summed E-state index contributed by atoms with van der Waals surface area (Å²) in [4.78, 5) is 13.3. The fourth-order valence-electron chi connectivity index (χ4n) is 2.74. The van der Waals surface area contributed by atoms with Gasteiger partial charge in [0.25, 0.3) is 0 Å². The molecule has 2 rings (SSSR count). The van der Waals surface area contributed by atoms with Crippen LogP contribution in [0.5, 0.6) is 0 Å². The first-order valence-electron chi connectivity index (χ1n) is 6.86. The molecule has 1 heterocycles. The monoisotopic (exact) mass is 239 g/mol. The maximum absolute atomic E-state index is 10.8. The SMILES string of the molecule is CC(=O)NCCN1CC(C)CC(NC2CC2)C1. The van der Waals surface area contributed by atoms with E-state index in [4.69, 9.17) is 0 Å². The van der Waals surface area contributed by atoms with Crippen molar-refractivity contribution >= 4 is 5.91 Å².